The van der Waals surface area contributed by atoms with Crippen LogP contribution in [-0.2, 0) is 14.8 Å². The van der Waals surface area contributed by atoms with Gasteiger partial charge in [-0.15, -0.1) is 0 Å². The summed E-state index contributed by atoms with van der Waals surface area (Å²) < 4.78 is 28.6. The quantitative estimate of drug-likeness (QED) is 0.484. The molecule has 8 heteroatoms. The number of hydrogen-bond acceptors (Lipinski definition) is 6. The fourth-order valence-corrected chi connectivity index (χ4v) is 4.06. The minimum Gasteiger partial charge on any atom is -0.429 e. The van der Waals surface area contributed by atoms with Gasteiger partial charge in [-0.2, -0.15) is 0 Å². The SMILES string of the molecule is NS(=O)(=O)c1cc2c3c(cccc3c1)-c1nc3cc(OC=O)ccc3nc1-2. The largest absolute Gasteiger partial charge is 0.429 e. The molecule has 1 aliphatic carbocycles. The van der Waals surface area contributed by atoms with E-state index in [4.69, 9.17) is 14.9 Å². The fourth-order valence-electron chi connectivity index (χ4n) is 3.49. The average Bonchev–Trinajstić information content (AvgIpc) is 2.94. The van der Waals surface area contributed by atoms with Crippen LogP contribution in [0.5, 0.6) is 5.75 Å². The van der Waals surface area contributed by atoms with Gasteiger partial charge in [0.15, 0.2) is 0 Å². The van der Waals surface area contributed by atoms with Gasteiger partial charge in [-0.1, -0.05) is 18.2 Å². The third-order valence-corrected chi connectivity index (χ3v) is 5.50. The van der Waals surface area contributed by atoms with E-state index in [0.717, 1.165) is 16.3 Å². The summed E-state index contributed by atoms with van der Waals surface area (Å²) in [5.74, 6) is 0.372. The van der Waals surface area contributed by atoms with Crippen molar-refractivity contribution in [3.05, 3.63) is 48.5 Å². The molecule has 132 valence electrons. The first-order valence-corrected chi connectivity index (χ1v) is 9.53. The highest BCUT2D eigenvalue weighted by atomic mass is 32.2. The van der Waals surface area contributed by atoms with Crippen LogP contribution in [-0.4, -0.2) is 24.9 Å². The van der Waals surface area contributed by atoms with Crippen LogP contribution in [0.2, 0.25) is 0 Å². The number of carbonyl (C=O) groups is 1. The van der Waals surface area contributed by atoms with E-state index in [1.165, 1.54) is 6.07 Å². The zero-order chi connectivity index (χ0) is 18.8. The van der Waals surface area contributed by atoms with Crippen molar-refractivity contribution in [1.29, 1.82) is 0 Å². The van der Waals surface area contributed by atoms with E-state index in [-0.39, 0.29) is 4.90 Å². The summed E-state index contributed by atoms with van der Waals surface area (Å²) in [5.41, 5.74) is 3.99. The number of benzene rings is 3. The average molecular weight is 377 g/mol. The number of rotatable bonds is 3. The minimum atomic E-state index is -3.86. The Morgan fingerprint density at radius 1 is 0.926 bits per heavy atom. The maximum atomic E-state index is 11.9. The summed E-state index contributed by atoms with van der Waals surface area (Å²) in [7, 11) is -3.86. The molecule has 27 heavy (non-hydrogen) atoms. The molecule has 3 aromatic carbocycles. The summed E-state index contributed by atoms with van der Waals surface area (Å²) in [4.78, 5) is 20.0. The lowest BCUT2D eigenvalue weighted by atomic mass is 10.0. The van der Waals surface area contributed by atoms with E-state index >= 15 is 0 Å². The molecule has 2 N–H and O–H groups in total. The lowest BCUT2D eigenvalue weighted by molar-refractivity contribution is -0.120. The number of primary sulfonamides is 1. The van der Waals surface area contributed by atoms with E-state index in [9.17, 15) is 13.2 Å². The van der Waals surface area contributed by atoms with Crippen LogP contribution in [0, 0.1) is 0 Å². The van der Waals surface area contributed by atoms with Gasteiger partial charge >= 0.3 is 0 Å². The Bertz CT molecular complexity index is 1400. The number of aromatic nitrogens is 2. The van der Waals surface area contributed by atoms with Crippen LogP contribution in [0.25, 0.3) is 44.3 Å². The number of nitrogens with two attached hydrogens (primary N) is 1. The number of ether oxygens (including phenoxy) is 1. The lowest BCUT2D eigenvalue weighted by Crippen LogP contribution is -2.12. The van der Waals surface area contributed by atoms with Crippen molar-refractivity contribution < 1.29 is 17.9 Å². The van der Waals surface area contributed by atoms with Crippen molar-refractivity contribution in [3.8, 4) is 28.3 Å². The molecule has 0 atom stereocenters. The fraction of sp³-hybridized carbons (Fsp3) is 0. The maximum Gasteiger partial charge on any atom is 0.298 e. The molecule has 0 spiro atoms. The van der Waals surface area contributed by atoms with Crippen LogP contribution < -0.4 is 9.88 Å². The summed E-state index contributed by atoms with van der Waals surface area (Å²) in [5, 5.41) is 6.98. The summed E-state index contributed by atoms with van der Waals surface area (Å²) in [6.07, 6.45) is 0. The topological polar surface area (TPSA) is 112 Å². The second-order valence-electron chi connectivity index (χ2n) is 6.20. The zero-order valence-corrected chi connectivity index (χ0v) is 14.5. The second kappa shape index (κ2) is 5.32. The maximum absolute atomic E-state index is 11.9. The van der Waals surface area contributed by atoms with Gasteiger partial charge in [0.05, 0.1) is 27.3 Å². The Morgan fingerprint density at radius 2 is 1.70 bits per heavy atom. The van der Waals surface area contributed by atoms with E-state index in [1.807, 2.05) is 18.2 Å². The molecule has 0 bridgehead atoms. The normalized spacial score (nSPS) is 12.3. The molecule has 4 aromatic rings. The smallest absolute Gasteiger partial charge is 0.298 e. The first kappa shape index (κ1) is 15.9. The van der Waals surface area contributed by atoms with E-state index in [0.29, 0.717) is 40.2 Å². The zero-order valence-electron chi connectivity index (χ0n) is 13.7. The highest BCUT2D eigenvalue weighted by molar-refractivity contribution is 7.89. The second-order valence-corrected chi connectivity index (χ2v) is 7.77. The van der Waals surface area contributed by atoms with E-state index in [1.54, 1.807) is 24.3 Å². The predicted octanol–water partition coefficient (Wildman–Crippen LogP) is 2.61. The Hall–Kier alpha value is -3.36. The molecule has 5 rings (SSSR count). The van der Waals surface area contributed by atoms with Crippen LogP contribution in [0.1, 0.15) is 0 Å². The third kappa shape index (κ3) is 2.31. The molecule has 0 fully saturated rings. The highest BCUT2D eigenvalue weighted by Gasteiger charge is 2.26. The summed E-state index contributed by atoms with van der Waals surface area (Å²) in [6.45, 7) is 0.354. The Labute approximate surface area is 153 Å². The van der Waals surface area contributed by atoms with Gasteiger partial charge in [-0.25, -0.2) is 23.5 Å². The van der Waals surface area contributed by atoms with Crippen molar-refractivity contribution in [3.63, 3.8) is 0 Å². The van der Waals surface area contributed by atoms with Gasteiger partial charge in [0, 0.05) is 22.6 Å². The minimum absolute atomic E-state index is 0.0339. The van der Waals surface area contributed by atoms with Gasteiger partial charge in [-0.05, 0) is 29.7 Å². The number of carbonyl (C=O) groups excluding carboxylic acids is 1. The van der Waals surface area contributed by atoms with Gasteiger partial charge in [-0.3, -0.25) is 4.79 Å². The Kier molecular flexibility index (Phi) is 3.13. The van der Waals surface area contributed by atoms with Crippen molar-refractivity contribution in [1.82, 2.24) is 9.97 Å². The Balaban J connectivity index is 1.86. The molecule has 7 nitrogen and oxygen atoms in total. The summed E-state index contributed by atoms with van der Waals surface area (Å²) in [6, 6.07) is 13.6. The highest BCUT2D eigenvalue weighted by Crippen LogP contribution is 2.46. The predicted molar refractivity (Wildman–Crippen MR) is 99.5 cm³/mol. The molecule has 1 heterocycles. The standard InChI is InChI=1S/C19H11N3O4S/c20-27(24,25)12-6-10-2-1-3-13-17(10)14(8-12)19-18(13)22-16-7-11(26-9-23)4-5-15(16)21-19/h1-9H,(H2,20,24,25). The van der Waals surface area contributed by atoms with Crippen molar-refractivity contribution in [2.75, 3.05) is 0 Å². The van der Waals surface area contributed by atoms with Crippen LogP contribution >= 0.6 is 0 Å². The molecule has 1 aromatic heterocycles. The molecule has 0 saturated heterocycles. The molecular weight excluding hydrogens is 366 g/mol. The Morgan fingerprint density at radius 3 is 2.48 bits per heavy atom. The molecule has 0 radical (unpaired) electrons. The van der Waals surface area contributed by atoms with Gasteiger partial charge in [0.1, 0.15) is 5.75 Å². The van der Waals surface area contributed by atoms with Crippen molar-refractivity contribution >= 4 is 38.3 Å². The first-order chi connectivity index (χ1) is 13.0. The number of fused-ring (bicyclic) bond motifs is 4. The van der Waals surface area contributed by atoms with Crippen molar-refractivity contribution in [2.45, 2.75) is 4.90 Å². The third-order valence-electron chi connectivity index (χ3n) is 4.61. The molecule has 0 amide bonds. The summed E-state index contributed by atoms with van der Waals surface area (Å²) >= 11 is 0. The molecule has 1 aliphatic rings. The van der Waals surface area contributed by atoms with Gasteiger partial charge in [0.2, 0.25) is 10.0 Å². The van der Waals surface area contributed by atoms with Crippen LogP contribution in [0.15, 0.2) is 53.4 Å². The van der Waals surface area contributed by atoms with E-state index in [2.05, 4.69) is 4.98 Å². The van der Waals surface area contributed by atoms with Crippen LogP contribution in [0.3, 0.4) is 0 Å². The molecule has 0 aliphatic heterocycles. The molecule has 0 saturated carbocycles. The monoisotopic (exact) mass is 377 g/mol. The number of sulfonamides is 1. The van der Waals surface area contributed by atoms with Crippen LogP contribution in [0.4, 0.5) is 0 Å². The molecular formula is C19H11N3O4S. The lowest BCUT2D eigenvalue weighted by Gasteiger charge is -2.06. The first-order valence-electron chi connectivity index (χ1n) is 7.98. The number of nitrogens with zero attached hydrogens (tertiary/aromatic N) is 2. The number of hydrogen-bond donors (Lipinski definition) is 1. The molecule has 0 unspecified atom stereocenters. The van der Waals surface area contributed by atoms with Gasteiger partial charge in [0.25, 0.3) is 6.47 Å². The van der Waals surface area contributed by atoms with Gasteiger partial charge < -0.3 is 4.74 Å². The van der Waals surface area contributed by atoms with E-state index < -0.39 is 10.0 Å². The van der Waals surface area contributed by atoms with Crippen molar-refractivity contribution in [2.24, 2.45) is 5.14 Å².